The van der Waals surface area contributed by atoms with Crippen LogP contribution in [0.3, 0.4) is 0 Å². The third-order valence-corrected chi connectivity index (χ3v) is 17.1. The van der Waals surface area contributed by atoms with Gasteiger partial charge in [-0.15, -0.1) is 0 Å². The van der Waals surface area contributed by atoms with E-state index >= 15 is 0 Å². The Bertz CT molecular complexity index is 1510. The SMILES string of the molecule is CC[Si](CC)(CC)O[C@H](CCCN1CCN(c2cccc(-c3ccc4c(c3)C(C)(C)CCC4(C)C)n2)CC1)[C@@H]1COC(C)(C)N1C(=O)OC(C)(C)C. The molecule has 2 aromatic rings. The smallest absolute Gasteiger partial charge is 0.412 e. The highest BCUT2D eigenvalue weighted by atomic mass is 28.4. The third-order valence-electron chi connectivity index (χ3n) is 12.4. The molecule has 1 aromatic carbocycles. The lowest BCUT2D eigenvalue weighted by Gasteiger charge is -2.42. The van der Waals surface area contributed by atoms with E-state index in [1.807, 2.05) is 39.5 Å². The number of fused-ring (bicyclic) bond motifs is 1. The number of piperazine rings is 1. The Morgan fingerprint density at radius 2 is 1.56 bits per heavy atom. The summed E-state index contributed by atoms with van der Waals surface area (Å²) in [7, 11) is -1.95. The minimum Gasteiger partial charge on any atom is -0.444 e. The number of hydrogen-bond acceptors (Lipinski definition) is 7. The van der Waals surface area contributed by atoms with Gasteiger partial charge in [-0.25, -0.2) is 9.78 Å². The maximum atomic E-state index is 13.6. The van der Waals surface area contributed by atoms with Crippen molar-refractivity contribution in [1.29, 1.82) is 0 Å². The minimum absolute atomic E-state index is 0.0886. The molecule has 2 aliphatic heterocycles. The number of anilines is 1. The van der Waals surface area contributed by atoms with E-state index < -0.39 is 19.6 Å². The number of ether oxygens (including phenoxy) is 2. The quantitative estimate of drug-likeness (QED) is 0.201. The lowest BCUT2D eigenvalue weighted by molar-refractivity contribution is -0.0675. The van der Waals surface area contributed by atoms with Crippen molar-refractivity contribution in [3.63, 3.8) is 0 Å². The summed E-state index contributed by atoms with van der Waals surface area (Å²) in [5.74, 6) is 1.06. The number of pyridine rings is 1. The predicted octanol–water partition coefficient (Wildman–Crippen LogP) is 9.76. The second-order valence-corrected chi connectivity index (χ2v) is 23.2. The first kappa shape index (κ1) is 40.7. The van der Waals surface area contributed by atoms with Gasteiger partial charge in [-0.1, -0.05) is 66.7 Å². The van der Waals surface area contributed by atoms with E-state index in [1.54, 1.807) is 0 Å². The lowest BCUT2D eigenvalue weighted by atomic mass is 9.63. The molecular weight excluding hydrogens is 665 g/mol. The summed E-state index contributed by atoms with van der Waals surface area (Å²) in [6.45, 7) is 31.4. The molecular formula is C43H70N4O4Si. The predicted molar refractivity (Wildman–Crippen MR) is 217 cm³/mol. The maximum Gasteiger partial charge on any atom is 0.412 e. The van der Waals surface area contributed by atoms with Gasteiger partial charge in [0.05, 0.1) is 24.4 Å². The molecule has 3 aliphatic rings. The first-order valence-electron chi connectivity index (χ1n) is 20.3. The van der Waals surface area contributed by atoms with Crippen molar-refractivity contribution in [1.82, 2.24) is 14.8 Å². The summed E-state index contributed by atoms with van der Waals surface area (Å²) in [6, 6.07) is 16.6. The summed E-state index contributed by atoms with van der Waals surface area (Å²) in [5.41, 5.74) is 4.28. The maximum absolute atomic E-state index is 13.6. The molecule has 2 atom stereocenters. The molecule has 9 heteroatoms. The number of benzene rings is 1. The Morgan fingerprint density at radius 1 is 0.923 bits per heavy atom. The lowest BCUT2D eigenvalue weighted by Crippen LogP contribution is -2.56. The molecule has 8 nitrogen and oxygen atoms in total. The van der Waals surface area contributed by atoms with Crippen LogP contribution < -0.4 is 4.90 Å². The van der Waals surface area contributed by atoms with Crippen LogP contribution in [0.15, 0.2) is 36.4 Å². The first-order chi connectivity index (χ1) is 24.3. The van der Waals surface area contributed by atoms with E-state index in [1.165, 1.54) is 29.5 Å². The molecule has 0 N–H and O–H groups in total. The molecule has 1 aromatic heterocycles. The molecule has 0 saturated carbocycles. The number of amides is 1. The van der Waals surface area contributed by atoms with Crippen molar-refractivity contribution < 1.29 is 18.7 Å². The molecule has 0 bridgehead atoms. The standard InChI is InChI=1S/C43H70N4O4Si/c1-13-52(14-2,15-3)51-37(36-31-49-43(11,12)47(36)39(48)50-40(4,5)6)19-17-25-45-26-28-46(29-27-45)38-20-16-18-35(44-38)32-21-22-33-34(30-32)42(9,10)24-23-41(33,7)8/h16,18,20-22,30,36-37H,13-15,17,19,23-29,31H2,1-12H3/t36-,37+/m0/s1. The van der Waals surface area contributed by atoms with Crippen LogP contribution in [-0.4, -0.2) is 92.0 Å². The fourth-order valence-electron chi connectivity index (χ4n) is 8.65. The Labute approximate surface area is 317 Å². The summed E-state index contributed by atoms with van der Waals surface area (Å²) in [6.07, 6.45) is 3.91. The molecule has 1 amide bonds. The van der Waals surface area contributed by atoms with Gasteiger partial charge >= 0.3 is 6.09 Å². The van der Waals surface area contributed by atoms with Gasteiger partial charge in [0.1, 0.15) is 17.1 Å². The molecule has 3 heterocycles. The Hall–Kier alpha value is -2.46. The number of rotatable bonds is 12. The fraction of sp³-hybridized carbons (Fsp3) is 0.721. The van der Waals surface area contributed by atoms with Crippen molar-refractivity contribution >= 4 is 20.2 Å². The van der Waals surface area contributed by atoms with E-state index in [-0.39, 0.29) is 29.1 Å². The zero-order chi connectivity index (χ0) is 38.1. The van der Waals surface area contributed by atoms with E-state index in [9.17, 15) is 4.79 Å². The van der Waals surface area contributed by atoms with Gasteiger partial charge < -0.3 is 18.8 Å². The highest BCUT2D eigenvalue weighted by Gasteiger charge is 2.50. The monoisotopic (exact) mass is 735 g/mol. The van der Waals surface area contributed by atoms with Crippen LogP contribution in [0.4, 0.5) is 10.6 Å². The number of carbonyl (C=O) groups excluding carboxylic acids is 1. The fourth-order valence-corrected chi connectivity index (χ4v) is 11.6. The summed E-state index contributed by atoms with van der Waals surface area (Å²) in [5, 5.41) is 0. The second kappa shape index (κ2) is 15.7. The van der Waals surface area contributed by atoms with Crippen LogP contribution in [0, 0.1) is 0 Å². The average molecular weight is 735 g/mol. The topological polar surface area (TPSA) is 67.4 Å². The minimum atomic E-state index is -1.95. The van der Waals surface area contributed by atoms with Crippen LogP contribution >= 0.6 is 0 Å². The van der Waals surface area contributed by atoms with E-state index in [4.69, 9.17) is 18.9 Å². The molecule has 0 radical (unpaired) electrons. The van der Waals surface area contributed by atoms with Crippen LogP contribution in [0.2, 0.25) is 18.1 Å². The van der Waals surface area contributed by atoms with Crippen LogP contribution in [0.5, 0.6) is 0 Å². The molecule has 290 valence electrons. The Balaban J connectivity index is 1.23. The number of nitrogens with zero attached hydrogens (tertiary/aromatic N) is 4. The van der Waals surface area contributed by atoms with E-state index in [0.29, 0.717) is 6.61 Å². The summed E-state index contributed by atoms with van der Waals surface area (Å²) < 4.78 is 19.4. The van der Waals surface area contributed by atoms with Crippen molar-refractivity contribution in [3.05, 3.63) is 47.5 Å². The van der Waals surface area contributed by atoms with Gasteiger partial charge in [0, 0.05) is 31.7 Å². The van der Waals surface area contributed by atoms with Crippen LogP contribution in [-0.2, 0) is 24.7 Å². The highest BCUT2D eigenvalue weighted by Crippen LogP contribution is 2.47. The zero-order valence-electron chi connectivity index (χ0n) is 34.7. The molecule has 2 fully saturated rings. The Kier molecular flexibility index (Phi) is 12.3. The molecule has 0 unspecified atom stereocenters. The van der Waals surface area contributed by atoms with Gasteiger partial charge in [0.15, 0.2) is 8.32 Å². The van der Waals surface area contributed by atoms with Gasteiger partial charge in [-0.05, 0) is 125 Å². The first-order valence-corrected chi connectivity index (χ1v) is 22.8. The van der Waals surface area contributed by atoms with Gasteiger partial charge in [-0.2, -0.15) is 0 Å². The van der Waals surface area contributed by atoms with Crippen LogP contribution in [0.1, 0.15) is 120 Å². The summed E-state index contributed by atoms with van der Waals surface area (Å²) in [4.78, 5) is 25.7. The summed E-state index contributed by atoms with van der Waals surface area (Å²) >= 11 is 0. The largest absolute Gasteiger partial charge is 0.444 e. The van der Waals surface area contributed by atoms with Crippen LogP contribution in [0.25, 0.3) is 11.3 Å². The zero-order valence-corrected chi connectivity index (χ0v) is 35.7. The third kappa shape index (κ3) is 9.07. The van der Waals surface area contributed by atoms with Crippen molar-refractivity contribution in [2.24, 2.45) is 0 Å². The molecule has 0 spiro atoms. The number of hydrogen-bond donors (Lipinski definition) is 0. The molecule has 2 saturated heterocycles. The number of aromatic nitrogens is 1. The van der Waals surface area contributed by atoms with Gasteiger partial charge in [0.2, 0.25) is 0 Å². The van der Waals surface area contributed by atoms with Crippen molar-refractivity contribution in [2.75, 3.05) is 44.2 Å². The second-order valence-electron chi connectivity index (χ2n) is 18.5. The Morgan fingerprint density at radius 3 is 2.17 bits per heavy atom. The molecule has 52 heavy (non-hydrogen) atoms. The normalized spacial score (nSPS) is 22.3. The molecule has 5 rings (SSSR count). The average Bonchev–Trinajstić information content (AvgIpc) is 3.43. The van der Waals surface area contributed by atoms with Gasteiger partial charge in [-0.3, -0.25) is 9.80 Å². The van der Waals surface area contributed by atoms with E-state index in [2.05, 4.69) is 94.7 Å². The highest BCUT2D eigenvalue weighted by molar-refractivity contribution is 6.73. The van der Waals surface area contributed by atoms with Gasteiger partial charge in [0.25, 0.3) is 0 Å². The molecule has 1 aliphatic carbocycles. The number of carbonyl (C=O) groups is 1. The van der Waals surface area contributed by atoms with E-state index in [0.717, 1.165) is 75.2 Å². The van der Waals surface area contributed by atoms with Crippen molar-refractivity contribution in [3.8, 4) is 11.3 Å². The van der Waals surface area contributed by atoms with Crippen molar-refractivity contribution in [2.45, 2.75) is 161 Å².